The molecule has 2 aromatic rings. The molecular weight excluding hydrogens is 298 g/mol. The molecule has 0 aliphatic heterocycles. The van der Waals surface area contributed by atoms with Crippen LogP contribution in [0.1, 0.15) is 24.5 Å². The smallest absolute Gasteiger partial charge is 0.0207 e. The minimum Gasteiger partial charge on any atom is -0.310 e. The summed E-state index contributed by atoms with van der Waals surface area (Å²) in [5.74, 6) is 0. The maximum atomic E-state index is 3.57. The second-order valence-electron chi connectivity index (χ2n) is 4.93. The van der Waals surface area contributed by atoms with E-state index in [2.05, 4.69) is 82.8 Å². The predicted molar refractivity (Wildman–Crippen MR) is 85.2 cm³/mol. The van der Waals surface area contributed by atoms with E-state index in [0.717, 1.165) is 17.4 Å². The van der Waals surface area contributed by atoms with Crippen molar-refractivity contribution in [3.05, 3.63) is 70.2 Å². The van der Waals surface area contributed by atoms with Crippen LogP contribution in [-0.4, -0.2) is 6.04 Å². The summed E-state index contributed by atoms with van der Waals surface area (Å²) >= 11 is 3.46. The zero-order valence-electron chi connectivity index (χ0n) is 11.3. The first kappa shape index (κ1) is 14.3. The molecule has 0 saturated heterocycles. The molecule has 0 fully saturated rings. The molecule has 1 N–H and O–H groups in total. The van der Waals surface area contributed by atoms with E-state index in [1.807, 2.05) is 0 Å². The van der Waals surface area contributed by atoms with Crippen LogP contribution in [0.3, 0.4) is 0 Å². The van der Waals surface area contributed by atoms with Crippen LogP contribution in [0, 0.1) is 0 Å². The molecule has 0 bridgehead atoms. The zero-order valence-corrected chi connectivity index (χ0v) is 12.9. The van der Waals surface area contributed by atoms with Crippen molar-refractivity contribution in [3.8, 4) is 0 Å². The number of hydrogen-bond donors (Lipinski definition) is 1. The van der Waals surface area contributed by atoms with Crippen LogP contribution in [0.4, 0.5) is 0 Å². The van der Waals surface area contributed by atoms with Crippen LogP contribution in [0.2, 0.25) is 0 Å². The Bertz CT molecular complexity index is 478. The maximum Gasteiger partial charge on any atom is 0.0207 e. The Morgan fingerprint density at radius 1 is 0.947 bits per heavy atom. The first-order chi connectivity index (χ1) is 9.24. The standard InChI is InChI=1S/C17H20BrN/c1-14(7-8-15-5-3-2-4-6-15)19-13-16-9-11-17(18)12-10-16/h2-6,9-12,14,19H,7-8,13H2,1H3/t14-/m0/s1. The number of rotatable bonds is 6. The summed E-state index contributed by atoms with van der Waals surface area (Å²) in [6.07, 6.45) is 2.30. The van der Waals surface area contributed by atoms with E-state index < -0.39 is 0 Å². The highest BCUT2D eigenvalue weighted by molar-refractivity contribution is 9.10. The van der Waals surface area contributed by atoms with E-state index in [1.54, 1.807) is 0 Å². The molecule has 0 saturated carbocycles. The lowest BCUT2D eigenvalue weighted by Gasteiger charge is -2.14. The van der Waals surface area contributed by atoms with Gasteiger partial charge >= 0.3 is 0 Å². The molecule has 1 atom stereocenters. The van der Waals surface area contributed by atoms with Crippen molar-refractivity contribution in [1.82, 2.24) is 5.32 Å². The maximum absolute atomic E-state index is 3.57. The first-order valence-electron chi connectivity index (χ1n) is 6.76. The highest BCUT2D eigenvalue weighted by atomic mass is 79.9. The van der Waals surface area contributed by atoms with Gasteiger partial charge in [-0.2, -0.15) is 0 Å². The van der Waals surface area contributed by atoms with Gasteiger partial charge in [-0.25, -0.2) is 0 Å². The molecule has 0 amide bonds. The Kier molecular flexibility index (Phi) is 5.62. The minimum absolute atomic E-state index is 0.531. The number of halogens is 1. The van der Waals surface area contributed by atoms with Gasteiger partial charge in [0.05, 0.1) is 0 Å². The lowest BCUT2D eigenvalue weighted by atomic mass is 10.1. The van der Waals surface area contributed by atoms with Crippen molar-refractivity contribution in [2.45, 2.75) is 32.4 Å². The molecule has 2 rings (SSSR count). The van der Waals surface area contributed by atoms with Crippen molar-refractivity contribution < 1.29 is 0 Å². The third-order valence-corrected chi connectivity index (χ3v) is 3.81. The van der Waals surface area contributed by atoms with Gasteiger partial charge in [0, 0.05) is 17.1 Å². The van der Waals surface area contributed by atoms with Gasteiger partial charge in [0.2, 0.25) is 0 Å². The average Bonchev–Trinajstić information content (AvgIpc) is 2.45. The van der Waals surface area contributed by atoms with Gasteiger partial charge in [0.15, 0.2) is 0 Å². The molecule has 0 aliphatic rings. The van der Waals surface area contributed by atoms with Crippen molar-refractivity contribution in [2.75, 3.05) is 0 Å². The van der Waals surface area contributed by atoms with Crippen molar-refractivity contribution in [1.29, 1.82) is 0 Å². The van der Waals surface area contributed by atoms with E-state index in [4.69, 9.17) is 0 Å². The molecule has 100 valence electrons. The highest BCUT2D eigenvalue weighted by Gasteiger charge is 2.02. The average molecular weight is 318 g/mol. The first-order valence-corrected chi connectivity index (χ1v) is 7.55. The molecule has 1 nitrogen and oxygen atoms in total. The van der Waals surface area contributed by atoms with Gasteiger partial charge < -0.3 is 5.32 Å². The SMILES string of the molecule is C[C@@H](CCc1ccccc1)NCc1ccc(Br)cc1. The monoisotopic (exact) mass is 317 g/mol. The molecule has 2 aromatic carbocycles. The quantitative estimate of drug-likeness (QED) is 0.823. The van der Waals surface area contributed by atoms with E-state index in [-0.39, 0.29) is 0 Å². The van der Waals surface area contributed by atoms with Crippen molar-refractivity contribution in [2.24, 2.45) is 0 Å². The third-order valence-electron chi connectivity index (χ3n) is 3.28. The van der Waals surface area contributed by atoms with Crippen LogP contribution in [0.25, 0.3) is 0 Å². The molecular formula is C17H20BrN. The lowest BCUT2D eigenvalue weighted by Crippen LogP contribution is -2.25. The summed E-state index contributed by atoms with van der Waals surface area (Å²) in [6.45, 7) is 3.19. The number of benzene rings is 2. The van der Waals surface area contributed by atoms with Crippen molar-refractivity contribution in [3.63, 3.8) is 0 Å². The summed E-state index contributed by atoms with van der Waals surface area (Å²) in [5, 5.41) is 3.57. The largest absolute Gasteiger partial charge is 0.310 e. The number of nitrogens with one attached hydrogen (secondary N) is 1. The number of aryl methyl sites for hydroxylation is 1. The van der Waals surface area contributed by atoms with Crippen LogP contribution in [0.5, 0.6) is 0 Å². The molecule has 0 heterocycles. The van der Waals surface area contributed by atoms with E-state index in [9.17, 15) is 0 Å². The summed E-state index contributed by atoms with van der Waals surface area (Å²) in [5.41, 5.74) is 2.74. The minimum atomic E-state index is 0.531. The van der Waals surface area contributed by atoms with Gasteiger partial charge in [-0.1, -0.05) is 58.4 Å². The Labute approximate surface area is 124 Å². The predicted octanol–water partition coefficient (Wildman–Crippen LogP) is 4.56. The van der Waals surface area contributed by atoms with Gasteiger partial charge in [0.25, 0.3) is 0 Å². The van der Waals surface area contributed by atoms with Gasteiger partial charge in [-0.15, -0.1) is 0 Å². The second-order valence-corrected chi connectivity index (χ2v) is 5.85. The normalized spacial score (nSPS) is 12.3. The Morgan fingerprint density at radius 3 is 2.32 bits per heavy atom. The lowest BCUT2D eigenvalue weighted by molar-refractivity contribution is 0.514. The topological polar surface area (TPSA) is 12.0 Å². The molecule has 0 aromatic heterocycles. The molecule has 0 aliphatic carbocycles. The molecule has 19 heavy (non-hydrogen) atoms. The van der Waals surface area contributed by atoms with E-state index >= 15 is 0 Å². The Hall–Kier alpha value is -1.12. The van der Waals surface area contributed by atoms with Crippen LogP contribution in [0.15, 0.2) is 59.1 Å². The zero-order chi connectivity index (χ0) is 13.5. The molecule has 0 spiro atoms. The summed E-state index contributed by atoms with van der Waals surface area (Å²) in [7, 11) is 0. The summed E-state index contributed by atoms with van der Waals surface area (Å²) < 4.78 is 1.13. The fourth-order valence-corrected chi connectivity index (χ4v) is 2.29. The van der Waals surface area contributed by atoms with Crippen LogP contribution < -0.4 is 5.32 Å². The highest BCUT2D eigenvalue weighted by Crippen LogP contribution is 2.11. The molecule has 0 unspecified atom stereocenters. The molecule has 0 radical (unpaired) electrons. The van der Waals surface area contributed by atoms with Crippen molar-refractivity contribution >= 4 is 15.9 Å². The Morgan fingerprint density at radius 2 is 1.63 bits per heavy atom. The Balaban J connectivity index is 1.72. The summed E-state index contributed by atoms with van der Waals surface area (Å²) in [6, 6.07) is 19.7. The van der Waals surface area contributed by atoms with Gasteiger partial charge in [-0.3, -0.25) is 0 Å². The van der Waals surface area contributed by atoms with E-state index in [0.29, 0.717) is 6.04 Å². The third kappa shape index (κ3) is 5.17. The second kappa shape index (κ2) is 7.46. The van der Waals surface area contributed by atoms with Gasteiger partial charge in [0.1, 0.15) is 0 Å². The van der Waals surface area contributed by atoms with Gasteiger partial charge in [-0.05, 0) is 43.0 Å². The van der Waals surface area contributed by atoms with Crippen LogP contribution in [-0.2, 0) is 13.0 Å². The molecule has 2 heteroatoms. The van der Waals surface area contributed by atoms with E-state index in [1.165, 1.54) is 17.5 Å². The summed E-state index contributed by atoms with van der Waals surface area (Å²) in [4.78, 5) is 0. The fourth-order valence-electron chi connectivity index (χ4n) is 2.02. The van der Waals surface area contributed by atoms with Crippen LogP contribution >= 0.6 is 15.9 Å². The number of hydrogen-bond acceptors (Lipinski definition) is 1. The fraction of sp³-hybridized carbons (Fsp3) is 0.294.